The average molecular weight is 239 g/mol. The van der Waals surface area contributed by atoms with Gasteiger partial charge in [0.25, 0.3) is 0 Å². The Morgan fingerprint density at radius 3 is 2.65 bits per heavy atom. The molecular weight excluding hydrogens is 221 g/mol. The van der Waals surface area contributed by atoms with E-state index in [0.29, 0.717) is 18.4 Å². The van der Waals surface area contributed by atoms with Gasteiger partial charge in [-0.05, 0) is 30.4 Å². The Hall–Kier alpha value is -1.42. The van der Waals surface area contributed by atoms with Crippen molar-refractivity contribution >= 4 is 5.97 Å². The molecule has 0 heterocycles. The lowest BCUT2D eigenvalue weighted by Crippen LogP contribution is -2.25. The first-order valence-corrected chi connectivity index (χ1v) is 5.70. The Balaban J connectivity index is 2.58. The monoisotopic (exact) mass is 239 g/mol. The maximum atomic E-state index is 13.4. The van der Waals surface area contributed by atoms with Gasteiger partial charge in [-0.15, -0.1) is 0 Å². The fourth-order valence-corrected chi connectivity index (χ4v) is 1.91. The van der Waals surface area contributed by atoms with Gasteiger partial charge in [-0.2, -0.15) is 0 Å². The minimum absolute atomic E-state index is 0.0940. The molecule has 1 aromatic carbocycles. The number of carbonyl (C=O) groups is 1. The molecule has 0 aromatic heterocycles. The Labute approximate surface area is 100 Å². The van der Waals surface area contributed by atoms with Gasteiger partial charge in [0, 0.05) is 6.54 Å². The zero-order valence-electron chi connectivity index (χ0n) is 9.90. The highest BCUT2D eigenvalue weighted by Gasteiger charge is 2.19. The summed E-state index contributed by atoms with van der Waals surface area (Å²) in [5.74, 6) is -1.57. The van der Waals surface area contributed by atoms with E-state index in [2.05, 4.69) is 0 Å². The Kier molecular flexibility index (Phi) is 5.10. The third-order valence-electron chi connectivity index (χ3n) is 2.85. The first-order valence-electron chi connectivity index (χ1n) is 5.70. The van der Waals surface area contributed by atoms with E-state index < -0.39 is 11.9 Å². The minimum atomic E-state index is -0.882. The second-order valence-electron chi connectivity index (χ2n) is 4.41. The van der Waals surface area contributed by atoms with Crippen molar-refractivity contribution in [1.82, 2.24) is 0 Å². The first-order chi connectivity index (χ1) is 8.04. The quantitative estimate of drug-likeness (QED) is 0.798. The van der Waals surface area contributed by atoms with Crippen molar-refractivity contribution in [3.8, 4) is 0 Å². The zero-order chi connectivity index (χ0) is 12.8. The molecule has 3 nitrogen and oxygen atoms in total. The highest BCUT2D eigenvalue weighted by atomic mass is 19.1. The summed E-state index contributed by atoms with van der Waals surface area (Å²) in [7, 11) is 0. The molecule has 2 unspecified atom stereocenters. The van der Waals surface area contributed by atoms with Crippen LogP contribution in [0.3, 0.4) is 0 Å². The molecule has 0 spiro atoms. The fraction of sp³-hybridized carbons (Fsp3) is 0.462. The van der Waals surface area contributed by atoms with Gasteiger partial charge in [0.05, 0.1) is 5.92 Å². The molecule has 0 saturated carbocycles. The molecule has 0 bridgehead atoms. The van der Waals surface area contributed by atoms with Crippen LogP contribution in [0.5, 0.6) is 0 Å². The number of halogens is 1. The molecule has 0 amide bonds. The van der Waals surface area contributed by atoms with Gasteiger partial charge in [0.1, 0.15) is 5.82 Å². The van der Waals surface area contributed by atoms with E-state index in [-0.39, 0.29) is 18.3 Å². The lowest BCUT2D eigenvalue weighted by molar-refractivity contribution is -0.141. The molecular formula is C13H18FNO2. The summed E-state index contributed by atoms with van der Waals surface area (Å²) in [6.45, 7) is 2.04. The molecule has 0 radical (unpaired) electrons. The summed E-state index contributed by atoms with van der Waals surface area (Å²) in [5, 5.41) is 8.89. The normalized spacial score (nSPS) is 14.3. The summed E-state index contributed by atoms with van der Waals surface area (Å²) >= 11 is 0. The number of benzene rings is 1. The average Bonchev–Trinajstić information content (AvgIpc) is 2.28. The number of carboxylic acids is 1. The number of nitrogens with two attached hydrogens (primary N) is 1. The van der Waals surface area contributed by atoms with Gasteiger partial charge in [-0.1, -0.05) is 25.1 Å². The highest BCUT2D eigenvalue weighted by molar-refractivity contribution is 5.70. The van der Waals surface area contributed by atoms with E-state index in [1.165, 1.54) is 6.07 Å². The van der Waals surface area contributed by atoms with Crippen molar-refractivity contribution in [3.63, 3.8) is 0 Å². The van der Waals surface area contributed by atoms with E-state index in [9.17, 15) is 9.18 Å². The van der Waals surface area contributed by atoms with Crippen LogP contribution in [0.1, 0.15) is 18.9 Å². The molecule has 1 rings (SSSR count). The van der Waals surface area contributed by atoms with E-state index in [1.54, 1.807) is 18.2 Å². The number of hydrogen-bond donors (Lipinski definition) is 2. The molecule has 3 N–H and O–H groups in total. The van der Waals surface area contributed by atoms with Crippen LogP contribution in [0.4, 0.5) is 4.39 Å². The molecule has 0 aliphatic heterocycles. The largest absolute Gasteiger partial charge is 0.481 e. The molecule has 17 heavy (non-hydrogen) atoms. The topological polar surface area (TPSA) is 63.3 Å². The van der Waals surface area contributed by atoms with Crippen molar-refractivity contribution in [2.45, 2.75) is 19.8 Å². The summed E-state index contributed by atoms with van der Waals surface area (Å²) in [4.78, 5) is 10.8. The molecule has 1 aromatic rings. The van der Waals surface area contributed by atoms with Gasteiger partial charge in [-0.3, -0.25) is 4.79 Å². The molecule has 0 aliphatic rings. The van der Waals surface area contributed by atoms with Crippen molar-refractivity contribution in [2.75, 3.05) is 6.54 Å². The van der Waals surface area contributed by atoms with E-state index in [0.717, 1.165) is 0 Å². The standard InChI is InChI=1S/C13H18FNO2/c1-9(7-11(8-15)13(16)17)6-10-4-2-3-5-12(10)14/h2-5,9,11H,6-8,15H2,1H3,(H,16,17). The Bertz CT molecular complexity index is 381. The van der Waals surface area contributed by atoms with Gasteiger partial charge in [0.2, 0.25) is 0 Å². The Morgan fingerprint density at radius 1 is 1.47 bits per heavy atom. The van der Waals surface area contributed by atoms with Crippen molar-refractivity contribution in [3.05, 3.63) is 35.6 Å². The van der Waals surface area contributed by atoms with E-state index in [1.807, 2.05) is 6.92 Å². The molecule has 0 fully saturated rings. The number of carboxylic acid groups (broad SMARTS) is 1. The number of rotatable bonds is 6. The van der Waals surface area contributed by atoms with Crippen LogP contribution in [0.25, 0.3) is 0 Å². The zero-order valence-corrected chi connectivity index (χ0v) is 9.90. The van der Waals surface area contributed by atoms with Gasteiger partial charge in [-0.25, -0.2) is 4.39 Å². The molecule has 0 aliphatic carbocycles. The van der Waals surface area contributed by atoms with Crippen LogP contribution in [0.15, 0.2) is 24.3 Å². The number of hydrogen-bond acceptors (Lipinski definition) is 2. The third kappa shape index (κ3) is 4.15. The summed E-state index contributed by atoms with van der Waals surface area (Å²) in [5.41, 5.74) is 6.02. The smallest absolute Gasteiger partial charge is 0.307 e. The second-order valence-corrected chi connectivity index (χ2v) is 4.41. The molecule has 0 saturated heterocycles. The van der Waals surface area contributed by atoms with Gasteiger partial charge in [0.15, 0.2) is 0 Å². The molecule has 94 valence electrons. The van der Waals surface area contributed by atoms with Crippen LogP contribution >= 0.6 is 0 Å². The maximum Gasteiger partial charge on any atom is 0.307 e. The van der Waals surface area contributed by atoms with Crippen molar-refractivity contribution in [2.24, 2.45) is 17.6 Å². The summed E-state index contributed by atoms with van der Waals surface area (Å²) < 4.78 is 13.4. The van der Waals surface area contributed by atoms with Crippen LogP contribution in [0, 0.1) is 17.7 Å². The van der Waals surface area contributed by atoms with Gasteiger partial charge < -0.3 is 10.8 Å². The lowest BCUT2D eigenvalue weighted by atomic mass is 9.90. The van der Waals surface area contributed by atoms with Crippen LogP contribution in [0.2, 0.25) is 0 Å². The predicted octanol–water partition coefficient (Wildman–Crippen LogP) is 2.05. The third-order valence-corrected chi connectivity index (χ3v) is 2.85. The Morgan fingerprint density at radius 2 is 2.12 bits per heavy atom. The van der Waals surface area contributed by atoms with Crippen LogP contribution in [-0.2, 0) is 11.2 Å². The summed E-state index contributed by atoms with van der Waals surface area (Å²) in [6, 6.07) is 6.57. The van der Waals surface area contributed by atoms with E-state index in [4.69, 9.17) is 10.8 Å². The molecule has 2 atom stereocenters. The second kappa shape index (κ2) is 6.35. The first kappa shape index (κ1) is 13.6. The maximum absolute atomic E-state index is 13.4. The van der Waals surface area contributed by atoms with Gasteiger partial charge >= 0.3 is 5.97 Å². The summed E-state index contributed by atoms with van der Waals surface area (Å²) in [6.07, 6.45) is 1.01. The SMILES string of the molecule is CC(Cc1ccccc1F)CC(CN)C(=O)O. The van der Waals surface area contributed by atoms with Crippen LogP contribution < -0.4 is 5.73 Å². The van der Waals surface area contributed by atoms with Crippen LogP contribution in [-0.4, -0.2) is 17.6 Å². The number of aliphatic carboxylic acids is 1. The lowest BCUT2D eigenvalue weighted by Gasteiger charge is -2.16. The van der Waals surface area contributed by atoms with Crippen molar-refractivity contribution in [1.29, 1.82) is 0 Å². The van der Waals surface area contributed by atoms with Crippen molar-refractivity contribution < 1.29 is 14.3 Å². The minimum Gasteiger partial charge on any atom is -0.481 e. The predicted molar refractivity (Wildman–Crippen MR) is 64.1 cm³/mol. The highest BCUT2D eigenvalue weighted by Crippen LogP contribution is 2.18. The molecule has 4 heteroatoms. The fourth-order valence-electron chi connectivity index (χ4n) is 1.91. The van der Waals surface area contributed by atoms with E-state index >= 15 is 0 Å².